The second-order valence-corrected chi connectivity index (χ2v) is 4.11. The quantitative estimate of drug-likeness (QED) is 0.652. The number of hydrogen-bond acceptors (Lipinski definition) is 5. The van der Waals surface area contributed by atoms with Crippen LogP contribution in [0.1, 0.15) is 12.5 Å². The number of benzene rings is 1. The van der Waals surface area contributed by atoms with Gasteiger partial charge < -0.3 is 4.74 Å². The first-order valence-corrected chi connectivity index (χ1v) is 6.18. The van der Waals surface area contributed by atoms with Crippen molar-refractivity contribution in [1.29, 1.82) is 0 Å². The van der Waals surface area contributed by atoms with Gasteiger partial charge in [-0.15, -0.1) is 11.3 Å². The third-order valence-electron chi connectivity index (χ3n) is 1.98. The van der Waals surface area contributed by atoms with Crippen LogP contribution in [-0.2, 0) is 0 Å². The molecule has 88 valence electrons. The van der Waals surface area contributed by atoms with Crippen molar-refractivity contribution in [3.63, 3.8) is 0 Å². The molecule has 2 rings (SSSR count). The summed E-state index contributed by atoms with van der Waals surface area (Å²) >= 11 is 1.51. The monoisotopic (exact) mass is 247 g/mol. The molecule has 0 spiro atoms. The number of nitrogens with zero attached hydrogens (tertiary/aromatic N) is 2. The number of rotatable bonds is 5. The lowest BCUT2D eigenvalue weighted by Gasteiger charge is -2.02. The Hall–Kier alpha value is -1.88. The van der Waals surface area contributed by atoms with Gasteiger partial charge in [0.2, 0.25) is 5.13 Å². The molecule has 1 aromatic heterocycles. The molecule has 1 heterocycles. The summed E-state index contributed by atoms with van der Waals surface area (Å²) in [5, 5.41) is 6.78. The van der Waals surface area contributed by atoms with Gasteiger partial charge in [-0.3, -0.25) is 5.43 Å². The number of anilines is 1. The van der Waals surface area contributed by atoms with Crippen molar-refractivity contribution in [3.05, 3.63) is 41.4 Å². The Morgan fingerprint density at radius 3 is 3.24 bits per heavy atom. The largest absolute Gasteiger partial charge is 0.494 e. The van der Waals surface area contributed by atoms with Crippen molar-refractivity contribution in [2.75, 3.05) is 12.0 Å². The summed E-state index contributed by atoms with van der Waals surface area (Å²) < 4.78 is 5.41. The minimum absolute atomic E-state index is 0.665. The van der Waals surface area contributed by atoms with Gasteiger partial charge in [-0.25, -0.2) is 4.98 Å². The Morgan fingerprint density at radius 2 is 2.47 bits per heavy atom. The highest BCUT2D eigenvalue weighted by atomic mass is 32.1. The molecular formula is C12H13N3OS. The van der Waals surface area contributed by atoms with Gasteiger partial charge in [0.15, 0.2) is 0 Å². The third kappa shape index (κ3) is 3.57. The average molecular weight is 247 g/mol. The molecule has 1 N–H and O–H groups in total. The smallest absolute Gasteiger partial charge is 0.203 e. The van der Waals surface area contributed by atoms with E-state index in [1.165, 1.54) is 11.3 Å². The predicted molar refractivity (Wildman–Crippen MR) is 70.9 cm³/mol. The van der Waals surface area contributed by atoms with E-state index in [1.807, 2.05) is 36.6 Å². The topological polar surface area (TPSA) is 46.5 Å². The molecule has 0 unspecified atom stereocenters. The summed E-state index contributed by atoms with van der Waals surface area (Å²) in [5.74, 6) is 0.852. The Balaban J connectivity index is 1.98. The number of hydrogen-bond donors (Lipinski definition) is 1. The molecule has 0 aliphatic carbocycles. The lowest BCUT2D eigenvalue weighted by molar-refractivity contribution is 0.340. The average Bonchev–Trinajstić information content (AvgIpc) is 2.83. The summed E-state index contributed by atoms with van der Waals surface area (Å²) in [5.41, 5.74) is 3.85. The molecule has 1 aromatic carbocycles. The fraction of sp³-hybridized carbons (Fsp3) is 0.167. The second-order valence-electron chi connectivity index (χ2n) is 3.21. The van der Waals surface area contributed by atoms with Gasteiger partial charge in [0.25, 0.3) is 0 Å². The molecule has 4 nitrogen and oxygen atoms in total. The summed E-state index contributed by atoms with van der Waals surface area (Å²) in [6.07, 6.45) is 3.47. The van der Waals surface area contributed by atoms with Crippen molar-refractivity contribution in [3.8, 4) is 5.75 Å². The zero-order valence-electron chi connectivity index (χ0n) is 9.46. The molecule has 0 bridgehead atoms. The molecule has 0 saturated carbocycles. The standard InChI is InChI=1S/C12H13N3OS/c1-2-16-11-5-3-4-10(8-11)9-14-15-12-13-6-7-17-12/h3-9H,2H2,1H3,(H,13,15)/b14-9-. The zero-order chi connectivity index (χ0) is 11.9. The fourth-order valence-electron chi connectivity index (χ4n) is 1.29. The second kappa shape index (κ2) is 6.00. The van der Waals surface area contributed by atoms with E-state index in [-0.39, 0.29) is 0 Å². The highest BCUT2D eigenvalue weighted by Crippen LogP contribution is 2.12. The van der Waals surface area contributed by atoms with Crippen LogP contribution in [0.15, 0.2) is 40.9 Å². The highest BCUT2D eigenvalue weighted by Gasteiger charge is 1.94. The molecule has 0 aliphatic rings. The molecule has 0 saturated heterocycles. The van der Waals surface area contributed by atoms with Crippen molar-refractivity contribution >= 4 is 22.7 Å². The van der Waals surface area contributed by atoms with Crippen LogP contribution in [0.25, 0.3) is 0 Å². The van der Waals surface area contributed by atoms with Gasteiger partial charge in [0.05, 0.1) is 12.8 Å². The Bertz CT molecular complexity index is 482. The van der Waals surface area contributed by atoms with Crippen LogP contribution in [0.2, 0.25) is 0 Å². The number of thiazole rings is 1. The summed E-state index contributed by atoms with van der Waals surface area (Å²) in [6.45, 7) is 2.63. The third-order valence-corrected chi connectivity index (χ3v) is 2.65. The van der Waals surface area contributed by atoms with Crippen molar-refractivity contribution in [2.45, 2.75) is 6.92 Å². The summed E-state index contributed by atoms with van der Waals surface area (Å²) in [4.78, 5) is 4.06. The molecule has 0 aliphatic heterocycles. The van der Waals surface area contributed by atoms with Crippen LogP contribution in [0, 0.1) is 0 Å². The van der Waals surface area contributed by atoms with E-state index in [4.69, 9.17) is 4.74 Å². The van der Waals surface area contributed by atoms with Crippen molar-refractivity contribution in [2.24, 2.45) is 5.10 Å². The SMILES string of the molecule is CCOc1cccc(/C=N\Nc2nccs2)c1. The van der Waals surface area contributed by atoms with E-state index in [9.17, 15) is 0 Å². The van der Waals surface area contributed by atoms with Gasteiger partial charge in [-0.05, 0) is 24.6 Å². The Labute approximate surface area is 104 Å². The first-order valence-electron chi connectivity index (χ1n) is 5.30. The number of nitrogens with one attached hydrogen (secondary N) is 1. The van der Waals surface area contributed by atoms with Crippen LogP contribution in [0.4, 0.5) is 5.13 Å². The molecule has 0 atom stereocenters. The van der Waals surface area contributed by atoms with Gasteiger partial charge >= 0.3 is 0 Å². The van der Waals surface area contributed by atoms with Gasteiger partial charge in [-0.2, -0.15) is 5.10 Å². The fourth-order valence-corrected chi connectivity index (χ4v) is 1.77. The maximum absolute atomic E-state index is 5.41. The van der Waals surface area contributed by atoms with E-state index in [0.717, 1.165) is 16.4 Å². The molecular weight excluding hydrogens is 234 g/mol. The van der Waals surface area contributed by atoms with Crippen LogP contribution < -0.4 is 10.2 Å². The lowest BCUT2D eigenvalue weighted by atomic mass is 10.2. The first kappa shape index (κ1) is 11.6. The van der Waals surface area contributed by atoms with E-state index in [0.29, 0.717) is 6.61 Å². The van der Waals surface area contributed by atoms with Crippen molar-refractivity contribution in [1.82, 2.24) is 4.98 Å². The summed E-state index contributed by atoms with van der Waals surface area (Å²) in [7, 11) is 0. The van der Waals surface area contributed by atoms with Crippen molar-refractivity contribution < 1.29 is 4.74 Å². The van der Waals surface area contributed by atoms with Crippen LogP contribution in [-0.4, -0.2) is 17.8 Å². The first-order chi connectivity index (χ1) is 8.38. The minimum Gasteiger partial charge on any atom is -0.494 e. The zero-order valence-corrected chi connectivity index (χ0v) is 10.3. The van der Waals surface area contributed by atoms with Crippen LogP contribution in [0.3, 0.4) is 0 Å². The van der Waals surface area contributed by atoms with Gasteiger partial charge in [-0.1, -0.05) is 12.1 Å². The van der Waals surface area contributed by atoms with E-state index in [1.54, 1.807) is 12.4 Å². The molecule has 0 fully saturated rings. The maximum atomic E-state index is 5.41. The molecule has 0 amide bonds. The predicted octanol–water partition coefficient (Wildman–Crippen LogP) is 2.99. The van der Waals surface area contributed by atoms with Crippen LogP contribution in [0.5, 0.6) is 5.75 Å². The number of ether oxygens (including phenoxy) is 1. The van der Waals surface area contributed by atoms with E-state index >= 15 is 0 Å². The molecule has 5 heteroatoms. The highest BCUT2D eigenvalue weighted by molar-refractivity contribution is 7.13. The van der Waals surface area contributed by atoms with Gasteiger partial charge in [0.1, 0.15) is 5.75 Å². The lowest BCUT2D eigenvalue weighted by Crippen LogP contribution is -1.93. The normalized spacial score (nSPS) is 10.6. The Kier molecular flexibility index (Phi) is 4.10. The van der Waals surface area contributed by atoms with E-state index in [2.05, 4.69) is 15.5 Å². The van der Waals surface area contributed by atoms with Gasteiger partial charge in [0, 0.05) is 11.6 Å². The minimum atomic E-state index is 0.665. The number of hydrazone groups is 1. The van der Waals surface area contributed by atoms with Crippen LogP contribution >= 0.6 is 11.3 Å². The Morgan fingerprint density at radius 1 is 1.53 bits per heavy atom. The molecule has 17 heavy (non-hydrogen) atoms. The van der Waals surface area contributed by atoms with E-state index < -0.39 is 0 Å². The molecule has 2 aromatic rings. The number of aromatic nitrogens is 1. The maximum Gasteiger partial charge on any atom is 0.203 e. The molecule has 0 radical (unpaired) electrons. The summed E-state index contributed by atoms with van der Waals surface area (Å²) in [6, 6.07) is 7.77.